The van der Waals surface area contributed by atoms with E-state index >= 15 is 0 Å². The minimum absolute atomic E-state index is 0.159. The molecule has 4 nitrogen and oxygen atoms in total. The number of halogens is 1. The summed E-state index contributed by atoms with van der Waals surface area (Å²) < 4.78 is 9.92. The van der Waals surface area contributed by atoms with Crippen LogP contribution in [0.15, 0.2) is 10.1 Å². The zero-order valence-corrected chi connectivity index (χ0v) is 12.3. The highest BCUT2D eigenvalue weighted by Crippen LogP contribution is 2.22. The van der Waals surface area contributed by atoms with E-state index in [2.05, 4.69) is 15.9 Å². The van der Waals surface area contributed by atoms with Gasteiger partial charge in [0.05, 0.1) is 18.8 Å². The van der Waals surface area contributed by atoms with E-state index in [4.69, 9.17) is 9.47 Å². The molecule has 0 amide bonds. The van der Waals surface area contributed by atoms with Gasteiger partial charge in [-0.2, -0.15) is 0 Å². The molecule has 0 atom stereocenters. The van der Waals surface area contributed by atoms with E-state index in [1.54, 1.807) is 13.8 Å². The summed E-state index contributed by atoms with van der Waals surface area (Å²) in [5.41, 5.74) is 0.334. The van der Waals surface area contributed by atoms with Gasteiger partial charge in [-0.1, -0.05) is 13.8 Å². The van der Waals surface area contributed by atoms with Crippen molar-refractivity contribution in [2.45, 2.75) is 34.1 Å². The molecule has 0 bridgehead atoms. The average Bonchev–Trinajstić information content (AvgIpc) is 2.25. The largest absolute Gasteiger partial charge is 0.463 e. The first kappa shape index (κ1) is 16.2. The molecule has 0 aromatic heterocycles. The summed E-state index contributed by atoms with van der Waals surface area (Å²) >= 11 is 3.11. The minimum Gasteiger partial charge on any atom is -0.463 e. The Balaban J connectivity index is 5.05. The summed E-state index contributed by atoms with van der Waals surface area (Å²) in [6, 6.07) is 0. The van der Waals surface area contributed by atoms with Gasteiger partial charge in [-0.25, -0.2) is 9.59 Å². The molecular formula is C12H19BrO4. The lowest BCUT2D eigenvalue weighted by molar-refractivity contribution is -0.141. The lowest BCUT2D eigenvalue weighted by Gasteiger charge is -2.11. The average molecular weight is 307 g/mol. The highest BCUT2D eigenvalue weighted by atomic mass is 79.9. The maximum absolute atomic E-state index is 11.7. The van der Waals surface area contributed by atoms with Crippen molar-refractivity contribution < 1.29 is 19.1 Å². The number of carbonyl (C=O) groups is 2. The van der Waals surface area contributed by atoms with E-state index in [0.29, 0.717) is 12.0 Å². The van der Waals surface area contributed by atoms with E-state index in [1.807, 2.05) is 13.8 Å². The van der Waals surface area contributed by atoms with Gasteiger partial charge in [0, 0.05) is 0 Å². The third-order valence-corrected chi connectivity index (χ3v) is 2.66. The van der Waals surface area contributed by atoms with Gasteiger partial charge in [-0.3, -0.25) is 0 Å². The van der Waals surface area contributed by atoms with Crippen molar-refractivity contribution in [3.05, 3.63) is 10.1 Å². The summed E-state index contributed by atoms with van der Waals surface area (Å²) in [5, 5.41) is 0. The standard InChI is InChI=1S/C12H19BrO4/c1-5-16-11(14)9(7-8(3)4)10(13)12(15)17-6-2/h8H,5-7H2,1-4H3/b10-9+. The smallest absolute Gasteiger partial charge is 0.345 e. The van der Waals surface area contributed by atoms with Gasteiger partial charge in [0.25, 0.3) is 0 Å². The van der Waals surface area contributed by atoms with Crippen molar-refractivity contribution in [1.29, 1.82) is 0 Å². The highest BCUT2D eigenvalue weighted by molar-refractivity contribution is 9.12. The van der Waals surface area contributed by atoms with E-state index < -0.39 is 11.9 Å². The third kappa shape index (κ3) is 5.86. The maximum Gasteiger partial charge on any atom is 0.345 e. The van der Waals surface area contributed by atoms with Gasteiger partial charge < -0.3 is 9.47 Å². The van der Waals surface area contributed by atoms with Crippen LogP contribution in [0.5, 0.6) is 0 Å². The summed E-state index contributed by atoms with van der Waals surface area (Å²) in [6.45, 7) is 7.92. The van der Waals surface area contributed by atoms with Crippen LogP contribution in [0.2, 0.25) is 0 Å². The zero-order valence-electron chi connectivity index (χ0n) is 10.7. The minimum atomic E-state index is -0.531. The predicted molar refractivity (Wildman–Crippen MR) is 68.7 cm³/mol. The molecule has 0 N–H and O–H groups in total. The number of ether oxygens (including phenoxy) is 2. The van der Waals surface area contributed by atoms with Gasteiger partial charge in [-0.15, -0.1) is 0 Å². The van der Waals surface area contributed by atoms with Crippen LogP contribution in [0.4, 0.5) is 0 Å². The fourth-order valence-corrected chi connectivity index (χ4v) is 1.64. The predicted octanol–water partition coefficient (Wildman–Crippen LogP) is 2.81. The van der Waals surface area contributed by atoms with Crippen molar-refractivity contribution in [2.24, 2.45) is 5.92 Å². The molecule has 17 heavy (non-hydrogen) atoms. The van der Waals surface area contributed by atoms with Crippen LogP contribution in [-0.2, 0) is 19.1 Å². The molecule has 0 saturated heterocycles. The Bertz CT molecular complexity index is 308. The van der Waals surface area contributed by atoms with Crippen LogP contribution in [0.25, 0.3) is 0 Å². The van der Waals surface area contributed by atoms with Crippen LogP contribution in [0, 0.1) is 5.92 Å². The first-order valence-corrected chi connectivity index (χ1v) is 6.46. The monoisotopic (exact) mass is 306 g/mol. The Morgan fingerprint density at radius 1 is 1.06 bits per heavy atom. The topological polar surface area (TPSA) is 52.6 Å². The summed E-state index contributed by atoms with van der Waals surface area (Å²) in [5.74, 6) is -0.756. The molecule has 0 fully saturated rings. The van der Waals surface area contributed by atoms with Crippen LogP contribution in [0.3, 0.4) is 0 Å². The van der Waals surface area contributed by atoms with Gasteiger partial charge in [0.2, 0.25) is 0 Å². The molecule has 0 aromatic rings. The molecule has 0 rings (SSSR count). The molecule has 0 aliphatic carbocycles. The van der Waals surface area contributed by atoms with Crippen molar-refractivity contribution in [2.75, 3.05) is 13.2 Å². The SMILES string of the molecule is CCOC(=O)/C(Br)=C(/CC(C)C)C(=O)OCC. The molecule has 0 spiro atoms. The van der Waals surface area contributed by atoms with Gasteiger partial charge in [0.1, 0.15) is 4.48 Å². The number of carbonyl (C=O) groups excluding carboxylic acids is 2. The number of hydrogen-bond acceptors (Lipinski definition) is 4. The van der Waals surface area contributed by atoms with Gasteiger partial charge >= 0.3 is 11.9 Å². The lowest BCUT2D eigenvalue weighted by atomic mass is 10.0. The second-order valence-electron chi connectivity index (χ2n) is 3.83. The van der Waals surface area contributed by atoms with E-state index in [1.165, 1.54) is 0 Å². The first-order chi connectivity index (χ1) is 7.93. The molecule has 0 saturated carbocycles. The highest BCUT2D eigenvalue weighted by Gasteiger charge is 2.21. The number of hydrogen-bond donors (Lipinski definition) is 0. The first-order valence-electron chi connectivity index (χ1n) is 5.66. The quantitative estimate of drug-likeness (QED) is 0.559. The van der Waals surface area contributed by atoms with Crippen LogP contribution >= 0.6 is 15.9 Å². The van der Waals surface area contributed by atoms with E-state index in [9.17, 15) is 9.59 Å². The summed E-state index contributed by atoms with van der Waals surface area (Å²) in [6.07, 6.45) is 0.470. The van der Waals surface area contributed by atoms with Crippen molar-refractivity contribution in [3.63, 3.8) is 0 Å². The number of esters is 2. The zero-order chi connectivity index (χ0) is 13.4. The van der Waals surface area contributed by atoms with Gasteiger partial charge in [-0.05, 0) is 42.1 Å². The van der Waals surface area contributed by atoms with Crippen molar-refractivity contribution in [1.82, 2.24) is 0 Å². The second kappa shape index (κ2) is 8.28. The Labute approximate surface area is 110 Å². The molecule has 0 radical (unpaired) electrons. The molecule has 0 aliphatic rings. The van der Waals surface area contributed by atoms with E-state index in [0.717, 1.165) is 0 Å². The van der Waals surface area contributed by atoms with Crippen LogP contribution in [-0.4, -0.2) is 25.2 Å². The molecule has 0 aromatic carbocycles. The molecule has 98 valence electrons. The van der Waals surface area contributed by atoms with Crippen molar-refractivity contribution in [3.8, 4) is 0 Å². The second-order valence-corrected chi connectivity index (χ2v) is 4.62. The van der Waals surface area contributed by atoms with Gasteiger partial charge in [0.15, 0.2) is 0 Å². The molecular weight excluding hydrogens is 288 g/mol. The number of rotatable bonds is 6. The molecule has 0 heterocycles. The van der Waals surface area contributed by atoms with Crippen molar-refractivity contribution >= 4 is 27.9 Å². The molecule has 0 unspecified atom stereocenters. The summed E-state index contributed by atoms with van der Waals surface area (Å²) in [7, 11) is 0. The Kier molecular flexibility index (Phi) is 7.87. The van der Waals surface area contributed by atoms with Crippen LogP contribution < -0.4 is 0 Å². The lowest BCUT2D eigenvalue weighted by Crippen LogP contribution is -2.15. The Morgan fingerprint density at radius 2 is 1.53 bits per heavy atom. The Hall–Kier alpha value is -0.840. The summed E-state index contributed by atoms with van der Waals surface area (Å²) in [4.78, 5) is 23.3. The molecule has 5 heteroatoms. The Morgan fingerprint density at radius 3 is 1.94 bits per heavy atom. The fourth-order valence-electron chi connectivity index (χ4n) is 1.21. The maximum atomic E-state index is 11.7. The molecule has 0 aliphatic heterocycles. The van der Waals surface area contributed by atoms with E-state index in [-0.39, 0.29) is 23.6 Å². The normalized spacial score (nSPS) is 12.1. The fraction of sp³-hybridized carbons (Fsp3) is 0.667. The third-order valence-electron chi connectivity index (χ3n) is 1.85. The van der Waals surface area contributed by atoms with Crippen LogP contribution in [0.1, 0.15) is 34.1 Å².